The van der Waals surface area contributed by atoms with Gasteiger partial charge in [0.1, 0.15) is 5.82 Å². The van der Waals surface area contributed by atoms with Gasteiger partial charge in [-0.1, -0.05) is 12.1 Å². The maximum atomic E-state index is 12.3. The van der Waals surface area contributed by atoms with Crippen molar-refractivity contribution in [2.75, 3.05) is 18.0 Å². The number of aryl methyl sites for hydroxylation is 3. The highest BCUT2D eigenvalue weighted by molar-refractivity contribution is 5.76. The number of hydrogen-bond donors (Lipinski definition) is 1. The number of carbonyl (C=O) groups excluding carboxylic acids is 1. The van der Waals surface area contributed by atoms with Gasteiger partial charge in [-0.05, 0) is 74.6 Å². The lowest BCUT2D eigenvalue weighted by molar-refractivity contribution is -0.121. The van der Waals surface area contributed by atoms with E-state index in [0.717, 1.165) is 53.5 Å². The number of carbonyl (C=O) groups is 1. The Labute approximate surface area is 177 Å². The number of nitrogens with one attached hydrogen (secondary N) is 1. The van der Waals surface area contributed by atoms with Crippen LogP contribution in [0.3, 0.4) is 0 Å². The third-order valence-corrected chi connectivity index (χ3v) is 5.56. The van der Waals surface area contributed by atoms with Crippen molar-refractivity contribution in [3.8, 4) is 5.69 Å². The highest BCUT2D eigenvalue weighted by atomic mass is 16.1. The van der Waals surface area contributed by atoms with Gasteiger partial charge in [0.25, 0.3) is 0 Å². The molecule has 0 radical (unpaired) electrons. The zero-order valence-electron chi connectivity index (χ0n) is 17.8. The lowest BCUT2D eigenvalue weighted by atomic mass is 10.1. The Hall–Kier alpha value is -3.15. The van der Waals surface area contributed by atoms with Gasteiger partial charge in [0.2, 0.25) is 5.91 Å². The lowest BCUT2D eigenvalue weighted by Crippen LogP contribution is -2.24. The predicted molar refractivity (Wildman–Crippen MR) is 119 cm³/mol. The number of rotatable bonds is 7. The van der Waals surface area contributed by atoms with E-state index in [-0.39, 0.29) is 5.91 Å². The molecule has 1 aliphatic heterocycles. The molecule has 2 aromatic heterocycles. The van der Waals surface area contributed by atoms with E-state index in [1.165, 1.54) is 12.8 Å². The number of aromatic nitrogens is 3. The zero-order valence-corrected chi connectivity index (χ0v) is 17.8. The molecule has 1 amide bonds. The molecule has 1 fully saturated rings. The van der Waals surface area contributed by atoms with Crippen LogP contribution in [0.2, 0.25) is 0 Å². The average Bonchev–Trinajstić information content (AvgIpc) is 3.41. The van der Waals surface area contributed by atoms with Crippen LogP contribution >= 0.6 is 0 Å². The van der Waals surface area contributed by atoms with Crippen LogP contribution in [-0.4, -0.2) is 33.8 Å². The molecule has 30 heavy (non-hydrogen) atoms. The van der Waals surface area contributed by atoms with Crippen LogP contribution in [0.5, 0.6) is 0 Å². The molecule has 1 saturated heterocycles. The van der Waals surface area contributed by atoms with Crippen LogP contribution < -0.4 is 10.2 Å². The molecule has 3 heterocycles. The summed E-state index contributed by atoms with van der Waals surface area (Å²) in [5.74, 6) is 1.08. The van der Waals surface area contributed by atoms with Gasteiger partial charge in [-0.15, -0.1) is 0 Å². The first-order valence-electron chi connectivity index (χ1n) is 10.7. The largest absolute Gasteiger partial charge is 0.357 e. The molecule has 156 valence electrons. The summed E-state index contributed by atoms with van der Waals surface area (Å²) in [5.41, 5.74) is 5.41. The van der Waals surface area contributed by atoms with Crippen molar-refractivity contribution in [1.29, 1.82) is 0 Å². The Balaban J connectivity index is 1.27. The van der Waals surface area contributed by atoms with Gasteiger partial charge in [0.15, 0.2) is 0 Å². The Morgan fingerprint density at radius 2 is 1.80 bits per heavy atom. The summed E-state index contributed by atoms with van der Waals surface area (Å²) in [6, 6.07) is 14.4. The maximum Gasteiger partial charge on any atom is 0.220 e. The summed E-state index contributed by atoms with van der Waals surface area (Å²) >= 11 is 0. The van der Waals surface area contributed by atoms with E-state index in [1.54, 1.807) is 0 Å². The predicted octanol–water partition coefficient (Wildman–Crippen LogP) is 3.73. The van der Waals surface area contributed by atoms with E-state index in [0.29, 0.717) is 13.0 Å². The number of anilines is 1. The van der Waals surface area contributed by atoms with Gasteiger partial charge in [-0.2, -0.15) is 5.10 Å². The second-order valence-electron chi connectivity index (χ2n) is 8.00. The van der Waals surface area contributed by atoms with E-state index >= 15 is 0 Å². The molecule has 0 unspecified atom stereocenters. The minimum absolute atomic E-state index is 0.0668. The standard InChI is InChI=1S/C24H29N5O/c1-18-15-19(2)29(27-18)22-8-5-20(6-9-22)7-10-24(30)26-17-21-11-12-25-23(16-21)28-13-3-4-14-28/h5-6,8-9,11-12,15-16H,3-4,7,10,13-14,17H2,1-2H3,(H,26,30). The minimum Gasteiger partial charge on any atom is -0.357 e. The topological polar surface area (TPSA) is 63.1 Å². The van der Waals surface area contributed by atoms with Crippen LogP contribution in [0.4, 0.5) is 5.82 Å². The van der Waals surface area contributed by atoms with Crippen molar-refractivity contribution in [1.82, 2.24) is 20.1 Å². The highest BCUT2D eigenvalue weighted by Gasteiger charge is 2.13. The van der Waals surface area contributed by atoms with E-state index in [1.807, 2.05) is 23.9 Å². The Kier molecular flexibility index (Phi) is 6.12. The maximum absolute atomic E-state index is 12.3. The van der Waals surface area contributed by atoms with Crippen molar-refractivity contribution in [2.24, 2.45) is 0 Å². The Bertz CT molecular complexity index is 1000. The van der Waals surface area contributed by atoms with Gasteiger partial charge in [0.05, 0.1) is 11.4 Å². The lowest BCUT2D eigenvalue weighted by Gasteiger charge is -2.17. The summed E-state index contributed by atoms with van der Waals surface area (Å²) in [7, 11) is 0. The molecule has 0 atom stereocenters. The fraction of sp³-hybridized carbons (Fsp3) is 0.375. The fourth-order valence-electron chi connectivity index (χ4n) is 3.93. The van der Waals surface area contributed by atoms with Crippen molar-refractivity contribution in [2.45, 2.75) is 46.1 Å². The number of nitrogens with zero attached hydrogens (tertiary/aromatic N) is 4. The van der Waals surface area contributed by atoms with E-state index in [2.05, 4.69) is 63.6 Å². The van der Waals surface area contributed by atoms with E-state index in [9.17, 15) is 4.79 Å². The summed E-state index contributed by atoms with van der Waals surface area (Å²) < 4.78 is 1.94. The number of benzene rings is 1. The van der Waals surface area contributed by atoms with Crippen molar-refractivity contribution in [3.05, 3.63) is 71.2 Å². The van der Waals surface area contributed by atoms with Gasteiger partial charge in [0, 0.05) is 37.9 Å². The molecule has 4 rings (SSSR count). The normalized spacial score (nSPS) is 13.6. The molecule has 6 nitrogen and oxygen atoms in total. The van der Waals surface area contributed by atoms with Crippen molar-refractivity contribution >= 4 is 11.7 Å². The van der Waals surface area contributed by atoms with E-state index in [4.69, 9.17) is 0 Å². The average molecular weight is 404 g/mol. The van der Waals surface area contributed by atoms with Crippen LogP contribution in [0.25, 0.3) is 5.69 Å². The molecular formula is C24H29N5O. The second-order valence-corrected chi connectivity index (χ2v) is 8.00. The first-order valence-corrected chi connectivity index (χ1v) is 10.7. The van der Waals surface area contributed by atoms with Crippen molar-refractivity contribution < 1.29 is 4.79 Å². The third kappa shape index (κ3) is 4.87. The fourth-order valence-corrected chi connectivity index (χ4v) is 3.93. The van der Waals surface area contributed by atoms with Crippen LogP contribution in [0, 0.1) is 13.8 Å². The first kappa shape index (κ1) is 20.1. The van der Waals surface area contributed by atoms with Crippen molar-refractivity contribution in [3.63, 3.8) is 0 Å². The Morgan fingerprint density at radius 1 is 1.03 bits per heavy atom. The van der Waals surface area contributed by atoms with Crippen LogP contribution in [0.15, 0.2) is 48.7 Å². The molecule has 0 spiro atoms. The van der Waals surface area contributed by atoms with Gasteiger partial charge in [-0.25, -0.2) is 9.67 Å². The molecule has 0 bridgehead atoms. The third-order valence-electron chi connectivity index (χ3n) is 5.56. The molecule has 6 heteroatoms. The first-order chi connectivity index (χ1) is 14.6. The molecule has 0 saturated carbocycles. The van der Waals surface area contributed by atoms with E-state index < -0.39 is 0 Å². The number of hydrogen-bond acceptors (Lipinski definition) is 4. The number of amides is 1. The monoisotopic (exact) mass is 403 g/mol. The molecule has 0 aliphatic carbocycles. The SMILES string of the molecule is Cc1cc(C)n(-c2ccc(CCC(=O)NCc3ccnc(N4CCCC4)c3)cc2)n1. The van der Waals surface area contributed by atoms with Crippen LogP contribution in [0.1, 0.15) is 41.8 Å². The summed E-state index contributed by atoms with van der Waals surface area (Å²) in [6.45, 7) is 6.73. The van der Waals surface area contributed by atoms with Gasteiger partial charge >= 0.3 is 0 Å². The molecule has 3 aromatic rings. The minimum atomic E-state index is 0.0668. The molecule has 1 N–H and O–H groups in total. The summed E-state index contributed by atoms with van der Waals surface area (Å²) in [6.07, 6.45) is 5.48. The second kappa shape index (κ2) is 9.11. The quantitative estimate of drug-likeness (QED) is 0.653. The zero-order chi connectivity index (χ0) is 20.9. The van der Waals surface area contributed by atoms with Gasteiger partial charge in [-0.3, -0.25) is 4.79 Å². The van der Waals surface area contributed by atoms with Gasteiger partial charge < -0.3 is 10.2 Å². The molecular weight excluding hydrogens is 374 g/mol. The highest BCUT2D eigenvalue weighted by Crippen LogP contribution is 2.18. The summed E-state index contributed by atoms with van der Waals surface area (Å²) in [4.78, 5) is 19.1. The summed E-state index contributed by atoms with van der Waals surface area (Å²) in [5, 5.41) is 7.55. The smallest absolute Gasteiger partial charge is 0.220 e. The molecule has 1 aromatic carbocycles. The number of pyridine rings is 1. The molecule has 1 aliphatic rings. The Morgan fingerprint density at radius 3 is 2.50 bits per heavy atom. The van der Waals surface area contributed by atoms with Crippen LogP contribution in [-0.2, 0) is 17.8 Å².